The molecule has 2 fully saturated rings. The molecule has 178 valence electrons. The summed E-state index contributed by atoms with van der Waals surface area (Å²) in [4.78, 5) is 21.3. The minimum absolute atomic E-state index is 0.0840. The zero-order chi connectivity index (χ0) is 23.4. The van der Waals surface area contributed by atoms with Crippen molar-refractivity contribution in [3.63, 3.8) is 0 Å². The molecule has 3 N–H and O–H groups in total. The van der Waals surface area contributed by atoms with E-state index >= 15 is 0 Å². The number of carbonyl (C=O) groups excluding carboxylic acids is 1. The molecule has 4 rings (SSSR count). The molecule has 1 amide bonds. The molecule has 2 aromatic rings. The quantitative estimate of drug-likeness (QED) is 0.491. The van der Waals surface area contributed by atoms with Crippen LogP contribution < -0.4 is 10.5 Å². The normalized spacial score (nSPS) is 21.4. The second-order valence-electron chi connectivity index (χ2n) is 8.88. The summed E-state index contributed by atoms with van der Waals surface area (Å²) < 4.78 is 11.4. The Morgan fingerprint density at radius 2 is 2.09 bits per heavy atom. The van der Waals surface area contributed by atoms with Crippen LogP contribution in [0.2, 0.25) is 0 Å². The maximum Gasteiger partial charge on any atom is 0.251 e. The predicted octanol–water partition coefficient (Wildman–Crippen LogP) is 2.39. The van der Waals surface area contributed by atoms with Gasteiger partial charge in [0.25, 0.3) is 5.91 Å². The monoisotopic (exact) mass is 454 g/mol. The van der Waals surface area contributed by atoms with E-state index in [1.54, 1.807) is 0 Å². The molecular formula is C24H34N6O3. The SMILES string of the molecule is CC(C)Oc1ccc2[nH]nc(/C(=C/C(C)N3CCN(C(=O)C4CCCO4)CC3)N=CN)c2c1. The fourth-order valence-electron chi connectivity index (χ4n) is 4.46. The summed E-state index contributed by atoms with van der Waals surface area (Å²) >= 11 is 0. The standard InChI is InChI=1S/C24H34N6O3/c1-16(2)33-18-6-7-20-19(14-18)23(28-27-20)21(26-15-25)13-17(3)29-8-10-30(11-9-29)24(31)22-5-4-12-32-22/h6-7,13-17,22H,4-5,8-12H2,1-3H3,(H2,25,26)(H,27,28)/b21-13-. The average molecular weight is 455 g/mol. The number of H-pyrrole nitrogens is 1. The smallest absolute Gasteiger partial charge is 0.251 e. The molecule has 2 aliphatic rings. The first-order valence-electron chi connectivity index (χ1n) is 11.7. The van der Waals surface area contributed by atoms with Gasteiger partial charge in [-0.05, 0) is 57.9 Å². The Kier molecular flexibility index (Phi) is 7.29. The minimum atomic E-state index is -0.253. The number of rotatable bonds is 7. The molecule has 1 aromatic carbocycles. The first kappa shape index (κ1) is 23.3. The van der Waals surface area contributed by atoms with Crippen LogP contribution in [0, 0.1) is 0 Å². The molecular weight excluding hydrogens is 420 g/mol. The van der Waals surface area contributed by atoms with Crippen LogP contribution in [0.1, 0.15) is 39.3 Å². The first-order chi connectivity index (χ1) is 16.0. The van der Waals surface area contributed by atoms with Crippen molar-refractivity contribution in [1.29, 1.82) is 0 Å². The summed E-state index contributed by atoms with van der Waals surface area (Å²) in [5.74, 6) is 0.919. The molecule has 1 aromatic heterocycles. The number of nitrogens with zero attached hydrogens (tertiary/aromatic N) is 4. The van der Waals surface area contributed by atoms with E-state index in [-0.39, 0.29) is 24.2 Å². The van der Waals surface area contributed by atoms with Gasteiger partial charge in [-0.25, -0.2) is 4.99 Å². The third kappa shape index (κ3) is 5.36. The number of hydrogen-bond donors (Lipinski definition) is 2. The minimum Gasteiger partial charge on any atom is -0.491 e. The number of benzene rings is 1. The molecule has 2 atom stereocenters. The average Bonchev–Trinajstić information content (AvgIpc) is 3.48. The number of fused-ring (bicyclic) bond motifs is 1. The molecule has 0 aliphatic carbocycles. The maximum absolute atomic E-state index is 12.6. The lowest BCUT2D eigenvalue weighted by molar-refractivity contribution is -0.142. The summed E-state index contributed by atoms with van der Waals surface area (Å²) in [5.41, 5.74) is 8.03. The van der Waals surface area contributed by atoms with Gasteiger partial charge in [0.1, 0.15) is 17.5 Å². The van der Waals surface area contributed by atoms with E-state index in [1.807, 2.05) is 36.9 Å². The summed E-state index contributed by atoms with van der Waals surface area (Å²) in [6.07, 6.45) is 5.01. The van der Waals surface area contributed by atoms with Gasteiger partial charge < -0.3 is 20.1 Å². The van der Waals surface area contributed by atoms with Gasteiger partial charge in [0.2, 0.25) is 0 Å². The van der Waals surface area contributed by atoms with E-state index in [9.17, 15) is 4.79 Å². The Balaban J connectivity index is 1.48. The molecule has 9 nitrogen and oxygen atoms in total. The molecule has 9 heteroatoms. The number of ether oxygens (including phenoxy) is 2. The van der Waals surface area contributed by atoms with E-state index in [1.165, 1.54) is 6.34 Å². The molecule has 33 heavy (non-hydrogen) atoms. The molecule has 2 unspecified atom stereocenters. The van der Waals surface area contributed by atoms with E-state index in [0.717, 1.165) is 48.3 Å². The molecule has 0 spiro atoms. The van der Waals surface area contributed by atoms with Crippen molar-refractivity contribution < 1.29 is 14.3 Å². The molecule has 3 heterocycles. The topological polar surface area (TPSA) is 109 Å². The second-order valence-corrected chi connectivity index (χ2v) is 8.88. The molecule has 2 saturated heterocycles. The van der Waals surface area contributed by atoms with Gasteiger partial charge in [0.05, 0.1) is 23.7 Å². The van der Waals surface area contributed by atoms with Crippen LogP contribution >= 0.6 is 0 Å². The largest absolute Gasteiger partial charge is 0.491 e. The van der Waals surface area contributed by atoms with Crippen molar-refractivity contribution in [3.8, 4) is 5.75 Å². The van der Waals surface area contributed by atoms with Gasteiger partial charge in [0, 0.05) is 44.2 Å². The highest BCUT2D eigenvalue weighted by atomic mass is 16.5. The van der Waals surface area contributed by atoms with Gasteiger partial charge in [-0.2, -0.15) is 5.10 Å². The van der Waals surface area contributed by atoms with Gasteiger partial charge in [-0.1, -0.05) is 0 Å². The zero-order valence-electron chi connectivity index (χ0n) is 19.7. The number of hydrogen-bond acceptors (Lipinski definition) is 6. The number of amides is 1. The van der Waals surface area contributed by atoms with Crippen molar-refractivity contribution in [1.82, 2.24) is 20.0 Å². The predicted molar refractivity (Wildman–Crippen MR) is 129 cm³/mol. The van der Waals surface area contributed by atoms with Gasteiger partial charge in [-0.3, -0.25) is 14.8 Å². The number of carbonyl (C=O) groups is 1. The first-order valence-corrected chi connectivity index (χ1v) is 11.7. The highest BCUT2D eigenvalue weighted by Crippen LogP contribution is 2.28. The van der Waals surface area contributed by atoms with Crippen molar-refractivity contribution in [2.45, 2.75) is 51.9 Å². The Hall–Kier alpha value is -2.91. The van der Waals surface area contributed by atoms with Crippen LogP contribution in [-0.4, -0.2) is 83.3 Å². The van der Waals surface area contributed by atoms with Crippen molar-refractivity contribution in [2.24, 2.45) is 10.7 Å². The van der Waals surface area contributed by atoms with Crippen LogP contribution in [0.25, 0.3) is 16.6 Å². The highest BCUT2D eigenvalue weighted by molar-refractivity contribution is 5.92. The third-order valence-electron chi connectivity index (χ3n) is 6.17. The van der Waals surface area contributed by atoms with Crippen molar-refractivity contribution in [3.05, 3.63) is 30.0 Å². The Labute approximate surface area is 194 Å². The summed E-state index contributed by atoms with van der Waals surface area (Å²) in [6.45, 7) is 9.82. The van der Waals surface area contributed by atoms with Crippen LogP contribution in [0.4, 0.5) is 0 Å². The Morgan fingerprint density at radius 1 is 1.30 bits per heavy atom. The number of nitrogens with two attached hydrogens (primary N) is 1. The summed E-state index contributed by atoms with van der Waals surface area (Å²) in [6, 6.07) is 5.97. The number of aromatic amines is 1. The fraction of sp³-hybridized carbons (Fsp3) is 0.542. The summed E-state index contributed by atoms with van der Waals surface area (Å²) in [5, 5.41) is 8.52. The van der Waals surface area contributed by atoms with Gasteiger partial charge >= 0.3 is 0 Å². The lowest BCUT2D eigenvalue weighted by Crippen LogP contribution is -2.53. The third-order valence-corrected chi connectivity index (χ3v) is 6.17. The van der Waals surface area contributed by atoms with Crippen LogP contribution in [0.3, 0.4) is 0 Å². The number of aliphatic imine (C=N–C) groups is 1. The summed E-state index contributed by atoms with van der Waals surface area (Å²) in [7, 11) is 0. The van der Waals surface area contributed by atoms with E-state index in [2.05, 4.69) is 33.1 Å². The fourth-order valence-corrected chi connectivity index (χ4v) is 4.46. The van der Waals surface area contributed by atoms with Crippen molar-refractivity contribution in [2.75, 3.05) is 32.8 Å². The number of piperazine rings is 1. The van der Waals surface area contributed by atoms with Gasteiger partial charge in [0.15, 0.2) is 0 Å². The maximum atomic E-state index is 12.6. The highest BCUT2D eigenvalue weighted by Gasteiger charge is 2.31. The van der Waals surface area contributed by atoms with E-state index < -0.39 is 0 Å². The Morgan fingerprint density at radius 3 is 2.76 bits per heavy atom. The van der Waals surface area contributed by atoms with Gasteiger partial charge in [-0.15, -0.1) is 0 Å². The van der Waals surface area contributed by atoms with Crippen LogP contribution in [0.15, 0.2) is 29.3 Å². The van der Waals surface area contributed by atoms with E-state index in [0.29, 0.717) is 25.4 Å². The number of nitrogens with one attached hydrogen (secondary N) is 1. The second kappa shape index (κ2) is 10.4. The lowest BCUT2D eigenvalue weighted by atomic mass is 10.1. The lowest BCUT2D eigenvalue weighted by Gasteiger charge is -2.38. The number of aromatic nitrogens is 2. The zero-order valence-corrected chi connectivity index (χ0v) is 19.7. The van der Waals surface area contributed by atoms with E-state index in [4.69, 9.17) is 15.2 Å². The molecule has 0 bridgehead atoms. The molecule has 0 radical (unpaired) electrons. The van der Waals surface area contributed by atoms with Crippen molar-refractivity contribution >= 4 is 28.8 Å². The van der Waals surface area contributed by atoms with Crippen LogP contribution in [-0.2, 0) is 9.53 Å². The molecule has 2 aliphatic heterocycles. The Bertz CT molecular complexity index is 1020. The molecule has 0 saturated carbocycles. The van der Waals surface area contributed by atoms with Crippen LogP contribution in [0.5, 0.6) is 5.75 Å².